The lowest BCUT2D eigenvalue weighted by Crippen LogP contribution is -2.51. The van der Waals surface area contributed by atoms with Crippen LogP contribution in [0.3, 0.4) is 0 Å². The van der Waals surface area contributed by atoms with Crippen LogP contribution in [0.5, 0.6) is 0 Å². The van der Waals surface area contributed by atoms with Crippen LogP contribution in [0.2, 0.25) is 0 Å². The zero-order valence-electron chi connectivity index (χ0n) is 13.6. The number of nitrogens with one attached hydrogen (secondary N) is 1. The largest absolute Gasteiger partial charge is 0.349 e. The predicted molar refractivity (Wildman–Crippen MR) is 91.6 cm³/mol. The fraction of sp³-hybridized carbons (Fsp3) is 0.412. The summed E-state index contributed by atoms with van der Waals surface area (Å²) in [6.07, 6.45) is 4.27. The predicted octanol–water partition coefficient (Wildman–Crippen LogP) is 2.16. The van der Waals surface area contributed by atoms with E-state index in [0.29, 0.717) is 30.2 Å². The molecule has 1 N–H and O–H groups in total. The Morgan fingerprint density at radius 1 is 1.38 bits per heavy atom. The molecule has 0 aliphatic carbocycles. The molecule has 1 aliphatic rings. The van der Waals surface area contributed by atoms with Gasteiger partial charge in [-0.1, -0.05) is 6.07 Å². The second-order valence-corrected chi connectivity index (χ2v) is 6.75. The quantitative estimate of drug-likeness (QED) is 0.922. The van der Waals surface area contributed by atoms with E-state index >= 15 is 0 Å². The Balaban J connectivity index is 1.66. The number of likely N-dealkylation sites (tertiary alicyclic amines) is 1. The lowest BCUT2D eigenvalue weighted by Gasteiger charge is -2.34. The molecular weight excluding hydrogens is 324 g/mol. The number of aromatic nitrogens is 2. The van der Waals surface area contributed by atoms with E-state index in [-0.39, 0.29) is 11.8 Å². The van der Waals surface area contributed by atoms with Gasteiger partial charge in [0.15, 0.2) is 0 Å². The number of hydrogen-bond donors (Lipinski definition) is 1. The lowest BCUT2D eigenvalue weighted by molar-refractivity contribution is -0.126. The molecule has 3 heterocycles. The standard InChI is InChI=1S/C17H20N4O2S/c1-12-18-8-7-13(20-12)11-19-16(22)14-5-2-3-9-21(14)17(23)15-6-4-10-24-15/h4,6-8,10,14H,2-3,5,9,11H2,1H3,(H,19,22)/t14-/m0/s1. The number of nitrogens with zero attached hydrogens (tertiary/aromatic N) is 3. The number of hydrogen-bond acceptors (Lipinski definition) is 5. The number of carbonyl (C=O) groups is 2. The molecular formula is C17H20N4O2S. The molecule has 6 nitrogen and oxygen atoms in total. The molecule has 1 saturated heterocycles. The maximum atomic E-state index is 12.6. The molecule has 2 amide bonds. The number of rotatable bonds is 4. The third-order valence-corrected chi connectivity index (χ3v) is 4.93. The van der Waals surface area contributed by atoms with Crippen LogP contribution in [-0.4, -0.2) is 39.3 Å². The van der Waals surface area contributed by atoms with Crippen molar-refractivity contribution in [3.8, 4) is 0 Å². The first-order valence-corrected chi connectivity index (χ1v) is 8.94. The van der Waals surface area contributed by atoms with Crippen molar-refractivity contribution in [3.05, 3.63) is 46.2 Å². The van der Waals surface area contributed by atoms with Crippen LogP contribution in [0.25, 0.3) is 0 Å². The van der Waals surface area contributed by atoms with Crippen molar-refractivity contribution < 1.29 is 9.59 Å². The monoisotopic (exact) mass is 344 g/mol. The van der Waals surface area contributed by atoms with Crippen LogP contribution in [0.15, 0.2) is 29.8 Å². The van der Waals surface area contributed by atoms with E-state index in [0.717, 1.165) is 18.5 Å². The topological polar surface area (TPSA) is 75.2 Å². The summed E-state index contributed by atoms with van der Waals surface area (Å²) >= 11 is 1.41. The van der Waals surface area contributed by atoms with Crippen molar-refractivity contribution in [2.45, 2.75) is 38.8 Å². The van der Waals surface area contributed by atoms with Crippen LogP contribution >= 0.6 is 11.3 Å². The first-order chi connectivity index (χ1) is 11.6. The number of amides is 2. The Labute approximate surface area is 144 Å². The SMILES string of the molecule is Cc1nccc(CNC(=O)[C@@H]2CCCCN2C(=O)c2cccs2)n1. The zero-order valence-corrected chi connectivity index (χ0v) is 14.4. The molecule has 7 heteroatoms. The summed E-state index contributed by atoms with van der Waals surface area (Å²) in [6, 6.07) is 5.04. The average Bonchev–Trinajstić information content (AvgIpc) is 3.14. The fourth-order valence-corrected chi connectivity index (χ4v) is 3.57. The van der Waals surface area contributed by atoms with Gasteiger partial charge < -0.3 is 10.2 Å². The summed E-state index contributed by atoms with van der Waals surface area (Å²) in [5, 5.41) is 4.79. The number of piperidine rings is 1. The van der Waals surface area contributed by atoms with Gasteiger partial charge in [0.05, 0.1) is 17.1 Å². The summed E-state index contributed by atoms with van der Waals surface area (Å²) in [5.74, 6) is 0.507. The van der Waals surface area contributed by atoms with Crippen molar-refractivity contribution in [1.29, 1.82) is 0 Å². The Hall–Kier alpha value is -2.28. The first kappa shape index (κ1) is 16.6. The molecule has 3 rings (SSSR count). The highest BCUT2D eigenvalue weighted by Gasteiger charge is 2.32. The van der Waals surface area contributed by atoms with Gasteiger partial charge >= 0.3 is 0 Å². The summed E-state index contributed by atoms with van der Waals surface area (Å²) in [6.45, 7) is 2.79. The minimum atomic E-state index is -0.406. The number of aryl methyl sites for hydroxylation is 1. The van der Waals surface area contributed by atoms with E-state index in [2.05, 4.69) is 15.3 Å². The van der Waals surface area contributed by atoms with Gasteiger partial charge in [0, 0.05) is 12.7 Å². The second-order valence-electron chi connectivity index (χ2n) is 5.80. The maximum absolute atomic E-state index is 12.6. The fourth-order valence-electron chi connectivity index (χ4n) is 2.89. The normalized spacial score (nSPS) is 17.5. The highest BCUT2D eigenvalue weighted by Crippen LogP contribution is 2.22. The van der Waals surface area contributed by atoms with Crippen molar-refractivity contribution in [1.82, 2.24) is 20.2 Å². The molecule has 0 spiro atoms. The maximum Gasteiger partial charge on any atom is 0.264 e. The van der Waals surface area contributed by atoms with E-state index < -0.39 is 6.04 Å². The van der Waals surface area contributed by atoms with E-state index in [1.54, 1.807) is 23.2 Å². The van der Waals surface area contributed by atoms with Crippen LogP contribution in [-0.2, 0) is 11.3 Å². The molecule has 0 bridgehead atoms. The van der Waals surface area contributed by atoms with Crippen LogP contribution < -0.4 is 5.32 Å². The minimum Gasteiger partial charge on any atom is -0.349 e. The van der Waals surface area contributed by atoms with E-state index in [9.17, 15) is 9.59 Å². The Morgan fingerprint density at radius 2 is 2.25 bits per heavy atom. The van der Waals surface area contributed by atoms with Gasteiger partial charge in [-0.3, -0.25) is 9.59 Å². The third-order valence-electron chi connectivity index (χ3n) is 4.08. The van der Waals surface area contributed by atoms with Gasteiger partial charge in [-0.25, -0.2) is 9.97 Å². The van der Waals surface area contributed by atoms with E-state index in [4.69, 9.17) is 0 Å². The van der Waals surface area contributed by atoms with Gasteiger partial charge in [0.25, 0.3) is 5.91 Å². The molecule has 1 aliphatic heterocycles. The Bertz CT molecular complexity index is 717. The van der Waals surface area contributed by atoms with Crippen molar-refractivity contribution >= 4 is 23.2 Å². The van der Waals surface area contributed by atoms with Crippen LogP contribution in [0.1, 0.15) is 40.5 Å². The molecule has 0 saturated carbocycles. The summed E-state index contributed by atoms with van der Waals surface area (Å²) in [5.41, 5.74) is 0.766. The molecule has 2 aromatic heterocycles. The number of carbonyl (C=O) groups excluding carboxylic acids is 2. The average molecular weight is 344 g/mol. The van der Waals surface area contributed by atoms with Gasteiger partial charge in [0.2, 0.25) is 5.91 Å². The van der Waals surface area contributed by atoms with Crippen molar-refractivity contribution in [2.24, 2.45) is 0 Å². The van der Waals surface area contributed by atoms with Crippen molar-refractivity contribution in [3.63, 3.8) is 0 Å². The molecule has 24 heavy (non-hydrogen) atoms. The van der Waals surface area contributed by atoms with Crippen molar-refractivity contribution in [2.75, 3.05) is 6.54 Å². The first-order valence-electron chi connectivity index (χ1n) is 8.06. The molecule has 0 unspecified atom stereocenters. The molecule has 1 fully saturated rings. The summed E-state index contributed by atoms with van der Waals surface area (Å²) in [4.78, 5) is 35.9. The minimum absolute atomic E-state index is 0.0530. The highest BCUT2D eigenvalue weighted by atomic mass is 32.1. The molecule has 1 atom stereocenters. The zero-order chi connectivity index (χ0) is 16.9. The lowest BCUT2D eigenvalue weighted by atomic mass is 10.0. The molecule has 0 radical (unpaired) electrons. The van der Waals surface area contributed by atoms with E-state index in [1.807, 2.05) is 18.4 Å². The molecule has 2 aromatic rings. The summed E-state index contributed by atoms with van der Waals surface area (Å²) < 4.78 is 0. The second kappa shape index (κ2) is 7.53. The van der Waals surface area contributed by atoms with Gasteiger partial charge in [0.1, 0.15) is 11.9 Å². The third kappa shape index (κ3) is 3.79. The van der Waals surface area contributed by atoms with E-state index in [1.165, 1.54) is 11.3 Å². The molecule has 126 valence electrons. The van der Waals surface area contributed by atoms with Gasteiger partial charge in [-0.05, 0) is 43.7 Å². The van der Waals surface area contributed by atoms with Gasteiger partial charge in [-0.2, -0.15) is 0 Å². The van der Waals surface area contributed by atoms with Gasteiger partial charge in [-0.15, -0.1) is 11.3 Å². The number of thiophene rings is 1. The van der Waals surface area contributed by atoms with Crippen LogP contribution in [0.4, 0.5) is 0 Å². The highest BCUT2D eigenvalue weighted by molar-refractivity contribution is 7.12. The summed E-state index contributed by atoms with van der Waals surface area (Å²) in [7, 11) is 0. The van der Waals surface area contributed by atoms with Crippen LogP contribution in [0, 0.1) is 6.92 Å². The Morgan fingerprint density at radius 3 is 3.00 bits per heavy atom. The smallest absolute Gasteiger partial charge is 0.264 e. The molecule has 0 aromatic carbocycles. The Kier molecular flexibility index (Phi) is 5.20.